The van der Waals surface area contributed by atoms with Gasteiger partial charge in [-0.15, -0.1) is 0 Å². The van der Waals surface area contributed by atoms with Gasteiger partial charge in [0.25, 0.3) is 0 Å². The SMILES string of the molecule is O=C1C[C@@H](C(=O)NCc2ccccc2-n2ccnc2)c2cc(F)ccc2N1. The summed E-state index contributed by atoms with van der Waals surface area (Å²) in [6, 6.07) is 11.7. The molecule has 7 heteroatoms. The number of para-hydroxylation sites is 1. The molecular formula is C20H17FN4O2. The lowest BCUT2D eigenvalue weighted by atomic mass is 9.89. The van der Waals surface area contributed by atoms with Crippen molar-refractivity contribution in [2.45, 2.75) is 18.9 Å². The summed E-state index contributed by atoms with van der Waals surface area (Å²) in [7, 11) is 0. The van der Waals surface area contributed by atoms with E-state index in [0.29, 0.717) is 11.3 Å². The number of amides is 2. The predicted molar refractivity (Wildman–Crippen MR) is 97.8 cm³/mol. The Balaban J connectivity index is 1.55. The van der Waals surface area contributed by atoms with Gasteiger partial charge in [-0.1, -0.05) is 18.2 Å². The first kappa shape index (κ1) is 17.0. The molecule has 0 fully saturated rings. The molecule has 2 aromatic carbocycles. The lowest BCUT2D eigenvalue weighted by molar-refractivity contribution is -0.126. The smallest absolute Gasteiger partial charge is 0.228 e. The van der Waals surface area contributed by atoms with Gasteiger partial charge in [0.1, 0.15) is 5.82 Å². The zero-order valence-corrected chi connectivity index (χ0v) is 14.4. The van der Waals surface area contributed by atoms with Gasteiger partial charge in [-0.05, 0) is 35.4 Å². The number of aromatic nitrogens is 2. The number of hydrogen-bond donors (Lipinski definition) is 2. The van der Waals surface area contributed by atoms with Crippen LogP contribution >= 0.6 is 0 Å². The molecule has 6 nitrogen and oxygen atoms in total. The van der Waals surface area contributed by atoms with Crippen LogP contribution in [0.4, 0.5) is 10.1 Å². The summed E-state index contributed by atoms with van der Waals surface area (Å²) < 4.78 is 15.5. The van der Waals surface area contributed by atoms with Crippen molar-refractivity contribution in [2.24, 2.45) is 0 Å². The molecule has 4 rings (SSSR count). The Labute approximate surface area is 155 Å². The Morgan fingerprint density at radius 1 is 1.30 bits per heavy atom. The van der Waals surface area contributed by atoms with Gasteiger partial charge in [0.15, 0.2) is 0 Å². The number of rotatable bonds is 4. The molecule has 0 aliphatic carbocycles. The van der Waals surface area contributed by atoms with Crippen LogP contribution in [0.15, 0.2) is 61.2 Å². The third-order valence-electron chi connectivity index (χ3n) is 4.60. The molecule has 3 aromatic rings. The fourth-order valence-corrected chi connectivity index (χ4v) is 3.29. The highest BCUT2D eigenvalue weighted by Gasteiger charge is 2.31. The van der Waals surface area contributed by atoms with E-state index in [1.807, 2.05) is 35.0 Å². The average molecular weight is 364 g/mol. The van der Waals surface area contributed by atoms with Crippen molar-refractivity contribution in [1.29, 1.82) is 0 Å². The van der Waals surface area contributed by atoms with Crippen molar-refractivity contribution in [2.75, 3.05) is 5.32 Å². The molecule has 0 bridgehead atoms. The topological polar surface area (TPSA) is 76.0 Å². The number of carbonyl (C=O) groups is 2. The normalized spacial score (nSPS) is 15.7. The van der Waals surface area contributed by atoms with Crippen molar-refractivity contribution in [3.05, 3.63) is 78.1 Å². The van der Waals surface area contributed by atoms with Gasteiger partial charge in [-0.25, -0.2) is 9.37 Å². The van der Waals surface area contributed by atoms with Gasteiger partial charge >= 0.3 is 0 Å². The highest BCUT2D eigenvalue weighted by atomic mass is 19.1. The summed E-state index contributed by atoms with van der Waals surface area (Å²) in [6.07, 6.45) is 5.18. The summed E-state index contributed by atoms with van der Waals surface area (Å²) in [5, 5.41) is 5.55. The molecule has 1 aliphatic heterocycles. The van der Waals surface area contributed by atoms with Crippen LogP contribution in [0.25, 0.3) is 5.69 Å². The van der Waals surface area contributed by atoms with Gasteiger partial charge in [0.05, 0.1) is 17.9 Å². The van der Waals surface area contributed by atoms with Crippen LogP contribution in [0, 0.1) is 5.82 Å². The maximum Gasteiger partial charge on any atom is 0.228 e. The van der Waals surface area contributed by atoms with Crippen molar-refractivity contribution in [3.63, 3.8) is 0 Å². The van der Waals surface area contributed by atoms with Crippen LogP contribution < -0.4 is 10.6 Å². The number of halogens is 1. The minimum absolute atomic E-state index is 0.00848. The minimum Gasteiger partial charge on any atom is -0.351 e. The maximum atomic E-state index is 13.6. The molecule has 2 amide bonds. The van der Waals surface area contributed by atoms with Gasteiger partial charge in [-0.2, -0.15) is 0 Å². The number of fused-ring (bicyclic) bond motifs is 1. The van der Waals surface area contributed by atoms with E-state index in [0.717, 1.165) is 11.3 Å². The molecule has 0 unspecified atom stereocenters. The van der Waals surface area contributed by atoms with Crippen molar-refractivity contribution in [3.8, 4) is 5.69 Å². The van der Waals surface area contributed by atoms with E-state index in [2.05, 4.69) is 15.6 Å². The molecule has 27 heavy (non-hydrogen) atoms. The van der Waals surface area contributed by atoms with E-state index in [1.54, 1.807) is 12.5 Å². The molecule has 2 N–H and O–H groups in total. The number of anilines is 1. The second-order valence-corrected chi connectivity index (χ2v) is 6.35. The summed E-state index contributed by atoms with van der Waals surface area (Å²) in [5.41, 5.74) is 2.79. The first-order valence-corrected chi connectivity index (χ1v) is 8.55. The lowest BCUT2D eigenvalue weighted by Gasteiger charge is -2.25. The number of nitrogens with zero attached hydrogens (tertiary/aromatic N) is 2. The van der Waals surface area contributed by atoms with Gasteiger partial charge in [0, 0.05) is 31.0 Å². The molecular weight excluding hydrogens is 347 g/mol. The summed E-state index contributed by atoms with van der Waals surface area (Å²) in [6.45, 7) is 0.288. The first-order valence-electron chi connectivity index (χ1n) is 8.55. The molecule has 136 valence electrons. The highest BCUT2D eigenvalue weighted by molar-refractivity contribution is 6.01. The number of imidazole rings is 1. The Kier molecular flexibility index (Phi) is 4.42. The Bertz CT molecular complexity index is 1000. The second-order valence-electron chi connectivity index (χ2n) is 6.35. The largest absolute Gasteiger partial charge is 0.351 e. The van der Waals surface area contributed by atoms with Crippen LogP contribution in [0.1, 0.15) is 23.5 Å². The number of nitrogens with one attached hydrogen (secondary N) is 2. The molecule has 1 atom stereocenters. The average Bonchev–Trinajstić information content (AvgIpc) is 3.20. The Morgan fingerprint density at radius 3 is 2.96 bits per heavy atom. The van der Waals surface area contributed by atoms with E-state index in [1.165, 1.54) is 18.2 Å². The monoisotopic (exact) mass is 364 g/mol. The van der Waals surface area contributed by atoms with Crippen LogP contribution in [0.3, 0.4) is 0 Å². The van der Waals surface area contributed by atoms with Crippen LogP contribution in [0.5, 0.6) is 0 Å². The van der Waals surface area contributed by atoms with E-state index in [4.69, 9.17) is 0 Å². The molecule has 0 saturated heterocycles. The quantitative estimate of drug-likeness (QED) is 0.747. The number of hydrogen-bond acceptors (Lipinski definition) is 3. The van der Waals surface area contributed by atoms with Crippen molar-refractivity contribution < 1.29 is 14.0 Å². The Morgan fingerprint density at radius 2 is 2.15 bits per heavy atom. The van der Waals surface area contributed by atoms with Gasteiger partial charge < -0.3 is 15.2 Å². The molecule has 0 spiro atoms. The summed E-state index contributed by atoms with van der Waals surface area (Å²) in [5.74, 6) is -1.72. The fourth-order valence-electron chi connectivity index (χ4n) is 3.29. The first-order chi connectivity index (χ1) is 13.1. The minimum atomic E-state index is -0.718. The Hall–Kier alpha value is -3.48. The van der Waals surface area contributed by atoms with E-state index < -0.39 is 11.7 Å². The summed E-state index contributed by atoms with van der Waals surface area (Å²) in [4.78, 5) is 28.7. The van der Waals surface area contributed by atoms with Crippen LogP contribution in [0.2, 0.25) is 0 Å². The van der Waals surface area contributed by atoms with E-state index in [9.17, 15) is 14.0 Å². The molecule has 1 aliphatic rings. The van der Waals surface area contributed by atoms with Gasteiger partial charge in [0.2, 0.25) is 11.8 Å². The van der Waals surface area contributed by atoms with Crippen molar-refractivity contribution in [1.82, 2.24) is 14.9 Å². The zero-order valence-electron chi connectivity index (χ0n) is 14.4. The van der Waals surface area contributed by atoms with E-state index in [-0.39, 0.29) is 24.8 Å². The van der Waals surface area contributed by atoms with Gasteiger partial charge in [-0.3, -0.25) is 9.59 Å². The molecule has 1 aromatic heterocycles. The summed E-state index contributed by atoms with van der Waals surface area (Å²) >= 11 is 0. The van der Waals surface area contributed by atoms with Crippen LogP contribution in [-0.4, -0.2) is 21.4 Å². The number of benzene rings is 2. The fraction of sp³-hybridized carbons (Fsp3) is 0.150. The molecule has 0 radical (unpaired) electrons. The second kappa shape index (κ2) is 7.03. The standard InChI is InChI=1S/C20H17FN4O2/c21-14-5-6-17-15(9-14)16(10-19(26)24-17)20(27)23-11-13-3-1-2-4-18(13)25-8-7-22-12-25/h1-9,12,16H,10-11H2,(H,23,27)(H,24,26)/t16-/m1/s1. The van der Waals surface area contributed by atoms with Crippen LogP contribution in [-0.2, 0) is 16.1 Å². The molecule has 0 saturated carbocycles. The molecule has 2 heterocycles. The predicted octanol–water partition coefficient (Wildman–Crippen LogP) is 2.75. The maximum absolute atomic E-state index is 13.6. The lowest BCUT2D eigenvalue weighted by Crippen LogP contribution is -2.35. The van der Waals surface area contributed by atoms with Crippen molar-refractivity contribution >= 4 is 17.5 Å². The third kappa shape index (κ3) is 3.44. The van der Waals surface area contributed by atoms with E-state index >= 15 is 0 Å². The number of carbonyl (C=O) groups excluding carboxylic acids is 2. The third-order valence-corrected chi connectivity index (χ3v) is 4.60. The highest BCUT2D eigenvalue weighted by Crippen LogP contribution is 2.33. The zero-order chi connectivity index (χ0) is 18.8.